The summed E-state index contributed by atoms with van der Waals surface area (Å²) in [6.45, 7) is 2.87. The van der Waals surface area contributed by atoms with Crippen molar-refractivity contribution in [1.82, 2.24) is 28.8 Å². The normalized spacial score (nSPS) is 11.4. The third-order valence-corrected chi connectivity index (χ3v) is 6.51. The fraction of sp³-hybridized carbons (Fsp3) is 0.259. The molecule has 0 radical (unpaired) electrons. The van der Waals surface area contributed by atoms with Crippen molar-refractivity contribution in [3.8, 4) is 16.8 Å². The molecule has 0 unspecified atom stereocenters. The van der Waals surface area contributed by atoms with Gasteiger partial charge in [-0.05, 0) is 30.2 Å². The lowest BCUT2D eigenvalue weighted by Crippen LogP contribution is -2.33. The van der Waals surface area contributed by atoms with Gasteiger partial charge in [0.25, 0.3) is 0 Å². The molecule has 0 fully saturated rings. The van der Waals surface area contributed by atoms with Gasteiger partial charge in [-0.3, -0.25) is 23.6 Å². The molecule has 0 aliphatic carbocycles. The first-order valence-corrected chi connectivity index (χ1v) is 11.7. The molecule has 0 saturated heterocycles. The van der Waals surface area contributed by atoms with Crippen LogP contribution in [0.3, 0.4) is 0 Å². The maximum Gasteiger partial charge on any atom is 0.333 e. The Balaban J connectivity index is 1.64. The largest absolute Gasteiger partial charge is 0.383 e. The van der Waals surface area contributed by atoms with Crippen LogP contribution >= 0.6 is 0 Å². The molecule has 0 aliphatic heterocycles. The lowest BCUT2D eigenvalue weighted by Gasteiger charge is -2.16. The van der Waals surface area contributed by atoms with Crippen LogP contribution in [0.15, 0.2) is 65.7 Å². The Morgan fingerprint density at radius 2 is 1.89 bits per heavy atom. The van der Waals surface area contributed by atoms with E-state index in [-0.39, 0.29) is 18.1 Å². The fourth-order valence-corrected chi connectivity index (χ4v) is 4.45. The van der Waals surface area contributed by atoms with Gasteiger partial charge in [0.15, 0.2) is 0 Å². The number of hydrogen-bond donors (Lipinski definition) is 0. The minimum Gasteiger partial charge on any atom is -0.383 e. The van der Waals surface area contributed by atoms with Crippen molar-refractivity contribution in [3.63, 3.8) is 0 Å². The number of imidazole rings is 1. The number of fused-ring (bicyclic) bond motifs is 3. The number of carbonyl (C=O) groups excluding carboxylic acids is 1. The van der Waals surface area contributed by atoms with E-state index in [0.29, 0.717) is 24.5 Å². The number of likely N-dealkylation sites (N-methyl/N-ethyl adjacent to an activating group) is 1. The van der Waals surface area contributed by atoms with Gasteiger partial charge in [0.1, 0.15) is 6.54 Å². The van der Waals surface area contributed by atoms with Gasteiger partial charge in [-0.25, -0.2) is 4.79 Å². The number of nitrogens with zero attached hydrogens (tertiary/aromatic N) is 6. The third-order valence-electron chi connectivity index (χ3n) is 6.51. The van der Waals surface area contributed by atoms with Crippen LogP contribution in [0.4, 0.5) is 0 Å². The lowest BCUT2D eigenvalue weighted by molar-refractivity contribution is -0.131. The summed E-state index contributed by atoms with van der Waals surface area (Å²) in [4.78, 5) is 32.3. The smallest absolute Gasteiger partial charge is 0.333 e. The van der Waals surface area contributed by atoms with Gasteiger partial charge in [0.05, 0.1) is 46.9 Å². The van der Waals surface area contributed by atoms with E-state index in [1.807, 2.05) is 37.3 Å². The van der Waals surface area contributed by atoms with Gasteiger partial charge in [-0.1, -0.05) is 36.4 Å². The molecular formula is C27H28N6O3. The topological polar surface area (TPSA) is 87.2 Å². The molecule has 1 amide bonds. The Morgan fingerprint density at radius 3 is 2.64 bits per heavy atom. The highest BCUT2D eigenvalue weighted by atomic mass is 16.5. The molecule has 0 aliphatic rings. The van der Waals surface area contributed by atoms with E-state index in [9.17, 15) is 9.59 Å². The van der Waals surface area contributed by atoms with E-state index in [0.717, 1.165) is 33.1 Å². The summed E-state index contributed by atoms with van der Waals surface area (Å²) in [5.41, 5.74) is 5.49. The first-order valence-electron chi connectivity index (χ1n) is 11.7. The molecule has 0 bridgehead atoms. The summed E-state index contributed by atoms with van der Waals surface area (Å²) < 4.78 is 9.91. The summed E-state index contributed by atoms with van der Waals surface area (Å²) >= 11 is 0. The van der Waals surface area contributed by atoms with Crippen LogP contribution < -0.4 is 5.69 Å². The van der Waals surface area contributed by atoms with E-state index in [4.69, 9.17) is 4.74 Å². The molecule has 9 nitrogen and oxygen atoms in total. The molecule has 9 heteroatoms. The number of aryl methyl sites for hydroxylation is 2. The van der Waals surface area contributed by atoms with Crippen molar-refractivity contribution in [2.75, 3.05) is 27.3 Å². The summed E-state index contributed by atoms with van der Waals surface area (Å²) in [5.74, 6) is -0.0893. The molecule has 2 aromatic carbocycles. The summed E-state index contributed by atoms with van der Waals surface area (Å²) in [7, 11) is 5.08. The van der Waals surface area contributed by atoms with Crippen LogP contribution in [0.5, 0.6) is 0 Å². The number of ether oxygens (including phenoxy) is 1. The van der Waals surface area contributed by atoms with Crippen LogP contribution in [-0.2, 0) is 23.1 Å². The van der Waals surface area contributed by atoms with Gasteiger partial charge >= 0.3 is 5.69 Å². The van der Waals surface area contributed by atoms with Crippen molar-refractivity contribution < 1.29 is 9.53 Å². The second-order valence-corrected chi connectivity index (χ2v) is 8.87. The Bertz CT molecular complexity index is 1630. The zero-order chi connectivity index (χ0) is 25.4. The highest BCUT2D eigenvalue weighted by Crippen LogP contribution is 2.30. The minimum atomic E-state index is -0.199. The quantitative estimate of drug-likeness (QED) is 0.354. The van der Waals surface area contributed by atoms with E-state index < -0.39 is 0 Å². The predicted molar refractivity (Wildman–Crippen MR) is 139 cm³/mol. The Kier molecular flexibility index (Phi) is 6.15. The molecule has 0 N–H and O–H groups in total. The fourth-order valence-electron chi connectivity index (χ4n) is 4.45. The highest BCUT2D eigenvalue weighted by Gasteiger charge is 2.20. The average Bonchev–Trinajstić information content (AvgIpc) is 3.38. The number of rotatable bonds is 7. The van der Waals surface area contributed by atoms with Crippen molar-refractivity contribution in [2.45, 2.75) is 13.5 Å². The molecule has 0 saturated carbocycles. The first kappa shape index (κ1) is 23.5. The summed E-state index contributed by atoms with van der Waals surface area (Å²) in [5, 5.41) is 5.41. The number of methoxy groups -OCH3 is 1. The molecule has 0 atom stereocenters. The average molecular weight is 485 g/mol. The van der Waals surface area contributed by atoms with Crippen LogP contribution in [-0.4, -0.2) is 62.0 Å². The van der Waals surface area contributed by atoms with Gasteiger partial charge in [0.2, 0.25) is 5.91 Å². The highest BCUT2D eigenvalue weighted by molar-refractivity contribution is 6.04. The van der Waals surface area contributed by atoms with E-state index in [1.165, 1.54) is 0 Å². The third kappa shape index (κ3) is 4.07. The second-order valence-electron chi connectivity index (χ2n) is 8.87. The van der Waals surface area contributed by atoms with E-state index in [2.05, 4.69) is 28.3 Å². The summed E-state index contributed by atoms with van der Waals surface area (Å²) in [6.07, 6.45) is 3.48. The molecule has 0 spiro atoms. The van der Waals surface area contributed by atoms with Crippen LogP contribution in [0, 0.1) is 6.92 Å². The van der Waals surface area contributed by atoms with Gasteiger partial charge < -0.3 is 9.64 Å². The predicted octanol–water partition coefficient (Wildman–Crippen LogP) is 3.15. The first-order chi connectivity index (χ1) is 17.4. The zero-order valence-corrected chi connectivity index (χ0v) is 20.8. The molecular weight excluding hydrogens is 456 g/mol. The lowest BCUT2D eigenvalue weighted by atomic mass is 10.0. The standard InChI is InChI=1S/C27H28N6O3/c1-18-24(16-32(29-18)17-25(34)30(2)12-13-36-4)33-26-21-14-20(19-8-6-5-7-9-19)10-11-22(21)28-15-23(26)31(3)27(33)35/h5-11,14-16H,12-13,17H2,1-4H3. The van der Waals surface area contributed by atoms with E-state index in [1.54, 1.807) is 52.3 Å². The molecule has 3 aromatic heterocycles. The van der Waals surface area contributed by atoms with Crippen molar-refractivity contribution in [3.05, 3.63) is 77.1 Å². The number of amides is 1. The SMILES string of the molecule is COCCN(C)C(=O)Cn1cc(-n2c(=O)n(C)c3cnc4ccc(-c5ccccc5)cc4c32)c(C)n1. The number of benzene rings is 2. The van der Waals surface area contributed by atoms with Gasteiger partial charge in [0, 0.05) is 33.1 Å². The minimum absolute atomic E-state index is 0.0705. The van der Waals surface area contributed by atoms with Gasteiger partial charge in [-0.2, -0.15) is 5.10 Å². The zero-order valence-electron chi connectivity index (χ0n) is 20.8. The summed E-state index contributed by atoms with van der Waals surface area (Å²) in [6, 6.07) is 16.2. The van der Waals surface area contributed by atoms with Gasteiger partial charge in [-0.15, -0.1) is 0 Å². The number of hydrogen-bond acceptors (Lipinski definition) is 5. The van der Waals surface area contributed by atoms with Crippen molar-refractivity contribution in [1.29, 1.82) is 0 Å². The molecule has 36 heavy (non-hydrogen) atoms. The molecule has 184 valence electrons. The van der Waals surface area contributed by atoms with Crippen LogP contribution in [0.1, 0.15) is 5.69 Å². The van der Waals surface area contributed by atoms with Crippen molar-refractivity contribution in [2.24, 2.45) is 7.05 Å². The molecule has 5 aromatic rings. The molecule has 5 rings (SSSR count). The Morgan fingerprint density at radius 1 is 1.11 bits per heavy atom. The number of pyridine rings is 1. The van der Waals surface area contributed by atoms with Crippen molar-refractivity contribution >= 4 is 27.8 Å². The second kappa shape index (κ2) is 9.43. The van der Waals surface area contributed by atoms with Crippen LogP contribution in [0.2, 0.25) is 0 Å². The maximum absolute atomic E-state index is 13.5. The number of aromatic nitrogens is 5. The van der Waals surface area contributed by atoms with E-state index >= 15 is 0 Å². The number of carbonyl (C=O) groups is 1. The molecule has 3 heterocycles. The monoisotopic (exact) mass is 484 g/mol. The van der Waals surface area contributed by atoms with Crippen LogP contribution in [0.25, 0.3) is 38.8 Å². The Labute approximate surface area is 208 Å². The maximum atomic E-state index is 13.5. The Hall–Kier alpha value is -4.24.